The Labute approximate surface area is 147 Å². The highest BCUT2D eigenvalue weighted by atomic mass is 79.9. The summed E-state index contributed by atoms with van der Waals surface area (Å²) in [6.07, 6.45) is 0. The molecule has 0 aliphatic heterocycles. The number of hydrogen-bond acceptors (Lipinski definition) is 2. The van der Waals surface area contributed by atoms with Gasteiger partial charge in [0.2, 0.25) is 0 Å². The van der Waals surface area contributed by atoms with E-state index in [1.54, 1.807) is 32.4 Å². The molecular weight excluding hydrogens is 398 g/mol. The summed E-state index contributed by atoms with van der Waals surface area (Å²) in [5.41, 5.74) is 1.52. The Balaban J connectivity index is 2.53. The van der Waals surface area contributed by atoms with E-state index in [4.69, 9.17) is 44.3 Å². The summed E-state index contributed by atoms with van der Waals surface area (Å²) in [6, 6.07) is 8.85. The van der Waals surface area contributed by atoms with Gasteiger partial charge in [0.05, 0.1) is 24.1 Å². The minimum Gasteiger partial charge on any atom is -0.496 e. The lowest BCUT2D eigenvalue weighted by atomic mass is 10.0. The Morgan fingerprint density at radius 3 is 2.19 bits per heavy atom. The van der Waals surface area contributed by atoms with Gasteiger partial charge in [-0.25, -0.2) is 0 Å². The third-order valence-electron chi connectivity index (χ3n) is 3.01. The van der Waals surface area contributed by atoms with Crippen molar-refractivity contribution < 1.29 is 9.47 Å². The Hall–Kier alpha value is -0.610. The molecule has 21 heavy (non-hydrogen) atoms. The quantitative estimate of drug-likeness (QED) is 0.567. The highest BCUT2D eigenvalue weighted by molar-refractivity contribution is 9.10. The van der Waals surface area contributed by atoms with Gasteiger partial charge in [0.25, 0.3) is 0 Å². The highest BCUT2D eigenvalue weighted by Crippen LogP contribution is 2.42. The molecule has 0 radical (unpaired) electrons. The third kappa shape index (κ3) is 3.59. The van der Waals surface area contributed by atoms with E-state index in [9.17, 15) is 0 Å². The predicted octanol–water partition coefficient (Wildman–Crippen LogP) is 6.10. The number of hydrogen-bond donors (Lipinski definition) is 0. The maximum Gasteiger partial charge on any atom is 0.133 e. The average molecular weight is 411 g/mol. The van der Waals surface area contributed by atoms with Crippen LogP contribution in [-0.2, 0) is 0 Å². The van der Waals surface area contributed by atoms with Crippen molar-refractivity contribution in [2.24, 2.45) is 0 Å². The molecule has 2 nitrogen and oxygen atoms in total. The number of benzene rings is 2. The molecular formula is C15H12BrCl3O2. The average Bonchev–Trinajstić information content (AvgIpc) is 2.46. The molecule has 0 aromatic heterocycles. The summed E-state index contributed by atoms with van der Waals surface area (Å²) in [4.78, 5) is 0. The molecule has 2 aromatic carbocycles. The van der Waals surface area contributed by atoms with Crippen LogP contribution in [0.1, 0.15) is 16.5 Å². The largest absolute Gasteiger partial charge is 0.496 e. The SMILES string of the molecule is COc1cc(C(Cl)c2ccc(Cl)cc2Cl)c(OC)cc1Br. The van der Waals surface area contributed by atoms with Gasteiger partial charge in [-0.1, -0.05) is 29.3 Å². The van der Waals surface area contributed by atoms with Gasteiger partial charge in [0, 0.05) is 15.6 Å². The first-order valence-corrected chi connectivity index (χ1v) is 7.97. The van der Waals surface area contributed by atoms with E-state index in [1.165, 1.54) is 0 Å². The van der Waals surface area contributed by atoms with E-state index in [0.717, 1.165) is 15.6 Å². The first-order valence-electron chi connectivity index (χ1n) is 5.98. The van der Waals surface area contributed by atoms with Gasteiger partial charge < -0.3 is 9.47 Å². The van der Waals surface area contributed by atoms with Gasteiger partial charge in [-0.3, -0.25) is 0 Å². The second-order valence-electron chi connectivity index (χ2n) is 4.26. The van der Waals surface area contributed by atoms with E-state index in [-0.39, 0.29) is 0 Å². The van der Waals surface area contributed by atoms with Crippen molar-refractivity contribution in [3.05, 3.63) is 56.0 Å². The molecule has 0 bridgehead atoms. The molecule has 1 atom stereocenters. The fraction of sp³-hybridized carbons (Fsp3) is 0.200. The van der Waals surface area contributed by atoms with Gasteiger partial charge >= 0.3 is 0 Å². The lowest BCUT2D eigenvalue weighted by Gasteiger charge is -2.17. The van der Waals surface area contributed by atoms with Gasteiger partial charge in [0.15, 0.2) is 0 Å². The molecule has 2 rings (SSSR count). The van der Waals surface area contributed by atoms with Crippen molar-refractivity contribution in [3.8, 4) is 11.5 Å². The molecule has 0 aliphatic carbocycles. The van der Waals surface area contributed by atoms with Crippen LogP contribution in [0.25, 0.3) is 0 Å². The summed E-state index contributed by atoms with van der Waals surface area (Å²) in [5.74, 6) is 1.32. The smallest absolute Gasteiger partial charge is 0.133 e. The van der Waals surface area contributed by atoms with Crippen molar-refractivity contribution in [3.63, 3.8) is 0 Å². The normalized spacial score (nSPS) is 12.1. The van der Waals surface area contributed by atoms with Crippen LogP contribution in [0, 0.1) is 0 Å². The van der Waals surface area contributed by atoms with E-state index in [2.05, 4.69) is 15.9 Å². The summed E-state index contributed by atoms with van der Waals surface area (Å²) < 4.78 is 11.5. The number of alkyl halides is 1. The fourth-order valence-electron chi connectivity index (χ4n) is 1.96. The van der Waals surface area contributed by atoms with Crippen LogP contribution in [0.15, 0.2) is 34.8 Å². The van der Waals surface area contributed by atoms with Crippen LogP contribution < -0.4 is 9.47 Å². The minimum atomic E-state index is -0.480. The maximum absolute atomic E-state index is 6.58. The lowest BCUT2D eigenvalue weighted by Crippen LogP contribution is -2.00. The summed E-state index contributed by atoms with van der Waals surface area (Å²) in [7, 11) is 3.18. The molecule has 0 aliphatic rings. The molecule has 0 heterocycles. The van der Waals surface area contributed by atoms with Crippen molar-refractivity contribution in [1.82, 2.24) is 0 Å². The molecule has 112 valence electrons. The fourth-order valence-corrected chi connectivity index (χ4v) is 3.38. The topological polar surface area (TPSA) is 18.5 Å². The molecule has 0 spiro atoms. The molecule has 2 aromatic rings. The second kappa shape index (κ2) is 7.10. The van der Waals surface area contributed by atoms with Crippen LogP contribution in [0.2, 0.25) is 10.0 Å². The van der Waals surface area contributed by atoms with Gasteiger partial charge in [-0.2, -0.15) is 0 Å². The predicted molar refractivity (Wildman–Crippen MR) is 91.4 cm³/mol. The van der Waals surface area contributed by atoms with Gasteiger partial charge in [0.1, 0.15) is 11.5 Å². The van der Waals surface area contributed by atoms with Gasteiger partial charge in [-0.15, -0.1) is 11.6 Å². The molecule has 0 saturated heterocycles. The monoisotopic (exact) mass is 408 g/mol. The van der Waals surface area contributed by atoms with Crippen LogP contribution in [0.5, 0.6) is 11.5 Å². The first kappa shape index (κ1) is 16.8. The van der Waals surface area contributed by atoms with Crippen molar-refractivity contribution in [2.75, 3.05) is 14.2 Å². The zero-order valence-electron chi connectivity index (χ0n) is 11.3. The Morgan fingerprint density at radius 2 is 1.62 bits per heavy atom. The molecule has 0 amide bonds. The van der Waals surface area contributed by atoms with E-state index in [0.29, 0.717) is 21.5 Å². The number of ether oxygens (including phenoxy) is 2. The van der Waals surface area contributed by atoms with Crippen LogP contribution >= 0.6 is 50.7 Å². The summed E-state index contributed by atoms with van der Waals surface area (Å²) in [6.45, 7) is 0. The van der Waals surface area contributed by atoms with Crippen molar-refractivity contribution in [2.45, 2.75) is 5.38 Å². The van der Waals surface area contributed by atoms with Crippen LogP contribution in [0.3, 0.4) is 0 Å². The standard InChI is InChI=1S/C15H12BrCl3O2/c1-20-13-7-11(16)14(21-2)6-10(13)15(19)9-4-3-8(17)5-12(9)18/h3-7,15H,1-2H3. The Morgan fingerprint density at radius 1 is 0.952 bits per heavy atom. The highest BCUT2D eigenvalue weighted by Gasteiger charge is 2.20. The zero-order valence-corrected chi connectivity index (χ0v) is 15.1. The summed E-state index contributed by atoms with van der Waals surface area (Å²) in [5, 5.41) is 0.589. The molecule has 6 heteroatoms. The van der Waals surface area contributed by atoms with Gasteiger partial charge in [-0.05, 0) is 45.8 Å². The van der Waals surface area contributed by atoms with Crippen molar-refractivity contribution >= 4 is 50.7 Å². The number of methoxy groups -OCH3 is 2. The van der Waals surface area contributed by atoms with E-state index in [1.807, 2.05) is 12.1 Å². The second-order valence-corrected chi connectivity index (χ2v) is 6.39. The minimum absolute atomic E-state index is 0.480. The molecule has 0 fully saturated rings. The van der Waals surface area contributed by atoms with Crippen molar-refractivity contribution in [1.29, 1.82) is 0 Å². The first-order chi connectivity index (χ1) is 9.97. The zero-order chi connectivity index (χ0) is 15.6. The molecule has 0 N–H and O–H groups in total. The van der Waals surface area contributed by atoms with Crippen LogP contribution in [-0.4, -0.2) is 14.2 Å². The molecule has 1 unspecified atom stereocenters. The number of halogens is 4. The Bertz CT molecular complexity index is 662. The molecule has 0 saturated carbocycles. The summed E-state index contributed by atoms with van der Waals surface area (Å²) >= 11 is 22.1. The van der Waals surface area contributed by atoms with E-state index < -0.39 is 5.38 Å². The van der Waals surface area contributed by atoms with Crippen LogP contribution in [0.4, 0.5) is 0 Å². The lowest BCUT2D eigenvalue weighted by molar-refractivity contribution is 0.397. The maximum atomic E-state index is 6.58. The number of rotatable bonds is 4. The van der Waals surface area contributed by atoms with E-state index >= 15 is 0 Å². The third-order valence-corrected chi connectivity index (χ3v) is 4.67. The Kier molecular flexibility index (Phi) is 5.67.